The van der Waals surface area contributed by atoms with Gasteiger partial charge in [-0.1, -0.05) is 62.4 Å². The van der Waals surface area contributed by atoms with Crippen LogP contribution < -0.4 is 5.32 Å². The fourth-order valence-corrected chi connectivity index (χ4v) is 5.07. The van der Waals surface area contributed by atoms with Crippen molar-refractivity contribution in [2.24, 2.45) is 15.6 Å². The molecule has 4 heteroatoms. The van der Waals surface area contributed by atoms with Crippen molar-refractivity contribution in [3.8, 4) is 11.1 Å². The number of nitrogens with one attached hydrogen (secondary N) is 1. The van der Waals surface area contributed by atoms with Crippen LogP contribution >= 0.6 is 0 Å². The van der Waals surface area contributed by atoms with Crippen LogP contribution in [0, 0.1) is 5.41 Å². The molecule has 0 fully saturated rings. The second-order valence-corrected chi connectivity index (χ2v) is 9.22. The first-order valence-electron chi connectivity index (χ1n) is 10.2. The second-order valence-electron chi connectivity index (χ2n) is 9.22. The first-order valence-corrected chi connectivity index (χ1v) is 10.2. The summed E-state index contributed by atoms with van der Waals surface area (Å²) in [7, 11) is 0. The number of hydrogen-bond acceptors (Lipinski definition) is 4. The largest absolute Gasteiger partial charge is 0.342 e. The Labute approximate surface area is 171 Å². The number of benzene rings is 2. The third-order valence-electron chi connectivity index (χ3n) is 6.48. The summed E-state index contributed by atoms with van der Waals surface area (Å²) in [5, 5.41) is 12.1. The third-order valence-corrected chi connectivity index (χ3v) is 6.48. The first kappa shape index (κ1) is 18.0. The Hall–Kier alpha value is -3.01. The van der Waals surface area contributed by atoms with Crippen LogP contribution in [0.5, 0.6) is 0 Å². The zero-order chi connectivity index (χ0) is 20.2. The van der Waals surface area contributed by atoms with E-state index in [0.29, 0.717) is 13.0 Å². The monoisotopic (exact) mass is 383 g/mol. The molecule has 0 amide bonds. The molecule has 1 N–H and O–H groups in total. The number of nitrogens with zero attached hydrogens (tertiary/aromatic N) is 2. The van der Waals surface area contributed by atoms with Gasteiger partial charge in [-0.3, -0.25) is 4.79 Å². The van der Waals surface area contributed by atoms with E-state index in [4.69, 9.17) is 0 Å². The summed E-state index contributed by atoms with van der Waals surface area (Å²) in [5.74, 6) is 1.05. The van der Waals surface area contributed by atoms with E-state index in [9.17, 15) is 4.79 Å². The Morgan fingerprint density at radius 3 is 2.48 bits per heavy atom. The van der Waals surface area contributed by atoms with Gasteiger partial charge in [-0.2, -0.15) is 5.11 Å². The standard InChI is InChI=1S/C25H25N3O/c1-24(2)13-20-22(21(29)14-24)25(3,19-15-26-28-23(19)27-20)18-11-7-10-17(12-18)16-8-5-4-6-9-16/h4-12,27H,13-15H2,1-3H3/t25-/m1/s1. The number of dihydropyridines is 1. The summed E-state index contributed by atoms with van der Waals surface area (Å²) in [6.45, 7) is 7.02. The summed E-state index contributed by atoms with van der Waals surface area (Å²) in [4.78, 5) is 13.4. The Morgan fingerprint density at radius 1 is 0.931 bits per heavy atom. The predicted molar refractivity (Wildman–Crippen MR) is 114 cm³/mol. The van der Waals surface area contributed by atoms with Crippen molar-refractivity contribution in [1.29, 1.82) is 0 Å². The van der Waals surface area contributed by atoms with Gasteiger partial charge in [-0.15, -0.1) is 5.11 Å². The van der Waals surface area contributed by atoms with Crippen molar-refractivity contribution < 1.29 is 4.79 Å². The molecule has 5 rings (SSSR count). The van der Waals surface area contributed by atoms with E-state index >= 15 is 0 Å². The van der Waals surface area contributed by atoms with Gasteiger partial charge in [0.25, 0.3) is 0 Å². The van der Waals surface area contributed by atoms with Gasteiger partial charge in [-0.05, 0) is 41.5 Å². The van der Waals surface area contributed by atoms with Crippen LogP contribution in [0.15, 0.2) is 87.5 Å². The zero-order valence-electron chi connectivity index (χ0n) is 17.1. The predicted octanol–water partition coefficient (Wildman–Crippen LogP) is 5.54. The fourth-order valence-electron chi connectivity index (χ4n) is 5.07. The van der Waals surface area contributed by atoms with Gasteiger partial charge in [0, 0.05) is 28.7 Å². The Morgan fingerprint density at radius 2 is 1.69 bits per heavy atom. The molecule has 0 saturated carbocycles. The van der Waals surface area contributed by atoms with E-state index < -0.39 is 5.41 Å². The smallest absolute Gasteiger partial charge is 0.162 e. The molecule has 1 atom stereocenters. The molecule has 2 aliphatic heterocycles. The van der Waals surface area contributed by atoms with Crippen molar-refractivity contribution in [2.45, 2.75) is 39.0 Å². The van der Waals surface area contributed by atoms with Crippen LogP contribution in [0.1, 0.15) is 39.2 Å². The van der Waals surface area contributed by atoms with Crippen molar-refractivity contribution in [1.82, 2.24) is 5.32 Å². The maximum atomic E-state index is 13.4. The fraction of sp³-hybridized carbons (Fsp3) is 0.320. The molecule has 146 valence electrons. The molecule has 2 aromatic carbocycles. The molecule has 0 spiro atoms. The van der Waals surface area contributed by atoms with E-state index in [1.54, 1.807) is 0 Å². The number of ketones is 1. The molecule has 29 heavy (non-hydrogen) atoms. The Balaban J connectivity index is 1.70. The molecular formula is C25H25N3O. The molecular weight excluding hydrogens is 358 g/mol. The van der Waals surface area contributed by atoms with Crippen LogP contribution in [0.4, 0.5) is 0 Å². The Bertz CT molecular complexity index is 1110. The van der Waals surface area contributed by atoms with Crippen molar-refractivity contribution in [2.75, 3.05) is 6.54 Å². The topological polar surface area (TPSA) is 53.8 Å². The lowest BCUT2D eigenvalue weighted by Gasteiger charge is -2.44. The van der Waals surface area contributed by atoms with Crippen LogP contribution in [0.25, 0.3) is 11.1 Å². The van der Waals surface area contributed by atoms with E-state index in [1.807, 2.05) is 6.07 Å². The molecule has 0 aromatic heterocycles. The minimum absolute atomic E-state index is 0.0521. The molecule has 2 heterocycles. The molecule has 0 unspecified atom stereocenters. The molecule has 1 aliphatic carbocycles. The summed E-state index contributed by atoms with van der Waals surface area (Å²) in [6.07, 6.45) is 1.41. The summed E-state index contributed by atoms with van der Waals surface area (Å²) < 4.78 is 0. The van der Waals surface area contributed by atoms with Crippen LogP contribution in [-0.2, 0) is 10.2 Å². The first-order chi connectivity index (χ1) is 13.9. The molecule has 0 saturated heterocycles. The van der Waals surface area contributed by atoms with Gasteiger partial charge in [0.1, 0.15) is 0 Å². The zero-order valence-corrected chi connectivity index (χ0v) is 17.1. The molecule has 0 bridgehead atoms. The van der Waals surface area contributed by atoms with Crippen LogP contribution in [0.2, 0.25) is 0 Å². The van der Waals surface area contributed by atoms with Crippen molar-refractivity contribution >= 4 is 5.78 Å². The SMILES string of the molecule is CC1(C)CC(=O)C2=C(C1)NC1=C(CN=N1)[C@@]2(C)c1cccc(-c2ccccc2)c1. The minimum atomic E-state index is -0.516. The lowest BCUT2D eigenvalue weighted by atomic mass is 9.61. The lowest BCUT2D eigenvalue weighted by Crippen LogP contribution is -2.44. The van der Waals surface area contributed by atoms with Crippen molar-refractivity contribution in [3.05, 3.63) is 82.8 Å². The number of rotatable bonds is 2. The highest BCUT2D eigenvalue weighted by atomic mass is 16.1. The number of Topliss-reactive ketones (excluding diaryl/α,β-unsaturated/α-hetero) is 1. The third kappa shape index (κ3) is 2.78. The van der Waals surface area contributed by atoms with Crippen molar-refractivity contribution in [3.63, 3.8) is 0 Å². The van der Waals surface area contributed by atoms with E-state index in [0.717, 1.165) is 40.2 Å². The number of carbonyl (C=O) groups excluding carboxylic acids is 1. The van der Waals surface area contributed by atoms with Gasteiger partial charge >= 0.3 is 0 Å². The molecule has 0 radical (unpaired) electrons. The van der Waals surface area contributed by atoms with Crippen LogP contribution in [0.3, 0.4) is 0 Å². The van der Waals surface area contributed by atoms with E-state index in [1.165, 1.54) is 5.56 Å². The highest BCUT2D eigenvalue weighted by Gasteiger charge is 2.49. The van der Waals surface area contributed by atoms with Gasteiger partial charge < -0.3 is 5.32 Å². The minimum Gasteiger partial charge on any atom is -0.342 e. The van der Waals surface area contributed by atoms with Gasteiger partial charge in [0.2, 0.25) is 0 Å². The summed E-state index contributed by atoms with van der Waals surface area (Å²) in [6, 6.07) is 18.9. The van der Waals surface area contributed by atoms with Gasteiger partial charge in [0.15, 0.2) is 11.6 Å². The summed E-state index contributed by atoms with van der Waals surface area (Å²) >= 11 is 0. The number of allylic oxidation sites excluding steroid dienone is 2. The summed E-state index contributed by atoms with van der Waals surface area (Å²) in [5.41, 5.74) is 5.89. The maximum Gasteiger partial charge on any atom is 0.162 e. The Kier molecular flexibility index (Phi) is 3.89. The molecule has 3 aliphatic rings. The average Bonchev–Trinajstić information content (AvgIpc) is 3.16. The molecule has 2 aromatic rings. The lowest BCUT2D eigenvalue weighted by molar-refractivity contribution is -0.118. The van der Waals surface area contributed by atoms with Gasteiger partial charge in [-0.25, -0.2) is 0 Å². The quantitative estimate of drug-likeness (QED) is 0.741. The number of azo groups is 1. The number of carbonyl (C=O) groups is 1. The van der Waals surface area contributed by atoms with E-state index in [2.05, 4.69) is 84.8 Å². The highest BCUT2D eigenvalue weighted by molar-refractivity contribution is 6.01. The van der Waals surface area contributed by atoms with E-state index in [-0.39, 0.29) is 11.2 Å². The normalized spacial score (nSPS) is 25.0. The van der Waals surface area contributed by atoms with Gasteiger partial charge in [0.05, 0.1) is 6.54 Å². The average molecular weight is 383 g/mol. The maximum absolute atomic E-state index is 13.4. The van der Waals surface area contributed by atoms with Crippen LogP contribution in [-0.4, -0.2) is 12.3 Å². The molecule has 4 nitrogen and oxygen atoms in total. The highest BCUT2D eigenvalue weighted by Crippen LogP contribution is 2.51. The second kappa shape index (κ2) is 6.24. The number of hydrogen-bond donors (Lipinski definition) is 1.